The van der Waals surface area contributed by atoms with Gasteiger partial charge in [0.2, 0.25) is 0 Å². The average molecular weight is 393 g/mol. The molecule has 0 radical (unpaired) electrons. The van der Waals surface area contributed by atoms with E-state index in [9.17, 15) is 17.6 Å². The van der Waals surface area contributed by atoms with Crippen molar-refractivity contribution in [2.45, 2.75) is 12.7 Å². The fourth-order valence-corrected chi connectivity index (χ4v) is 3.24. The SMILES string of the molecule is Fc1ccc(CNc2ccc3nnc(-c4ccsc4)n3n2)c(C(F)(F)F)c1. The molecule has 3 heterocycles. The minimum atomic E-state index is -4.64. The van der Waals surface area contributed by atoms with Gasteiger partial charge in [0, 0.05) is 17.5 Å². The maximum atomic E-state index is 13.2. The van der Waals surface area contributed by atoms with Gasteiger partial charge in [-0.1, -0.05) is 6.07 Å². The first kappa shape index (κ1) is 17.4. The number of nitrogens with one attached hydrogen (secondary N) is 1. The molecule has 1 N–H and O–H groups in total. The summed E-state index contributed by atoms with van der Waals surface area (Å²) in [6, 6.07) is 7.72. The summed E-state index contributed by atoms with van der Waals surface area (Å²) in [4.78, 5) is 0. The molecule has 3 aromatic heterocycles. The Morgan fingerprint density at radius 2 is 1.93 bits per heavy atom. The molecule has 0 spiro atoms. The molecule has 0 aliphatic rings. The van der Waals surface area contributed by atoms with Gasteiger partial charge in [-0.2, -0.15) is 29.0 Å². The molecule has 0 unspecified atom stereocenters. The number of fused-ring (bicyclic) bond motifs is 1. The second-order valence-corrected chi connectivity index (χ2v) is 6.46. The van der Waals surface area contributed by atoms with Crippen molar-refractivity contribution >= 4 is 22.8 Å². The van der Waals surface area contributed by atoms with Crippen LogP contribution in [-0.4, -0.2) is 19.8 Å². The summed E-state index contributed by atoms with van der Waals surface area (Å²) in [5, 5.41) is 19.1. The molecule has 138 valence electrons. The monoisotopic (exact) mass is 393 g/mol. The molecular formula is C17H11F4N5S. The summed E-state index contributed by atoms with van der Waals surface area (Å²) < 4.78 is 54.0. The molecule has 0 fully saturated rings. The summed E-state index contributed by atoms with van der Waals surface area (Å²) in [6.07, 6.45) is -4.64. The quantitative estimate of drug-likeness (QED) is 0.514. The zero-order chi connectivity index (χ0) is 19.0. The number of benzene rings is 1. The van der Waals surface area contributed by atoms with Crippen LogP contribution in [0.5, 0.6) is 0 Å². The van der Waals surface area contributed by atoms with Crippen molar-refractivity contribution in [2.75, 3.05) is 5.32 Å². The molecule has 0 bridgehead atoms. The van der Waals surface area contributed by atoms with E-state index in [4.69, 9.17) is 0 Å². The van der Waals surface area contributed by atoms with Crippen LogP contribution in [0.3, 0.4) is 0 Å². The Morgan fingerprint density at radius 3 is 2.67 bits per heavy atom. The van der Waals surface area contributed by atoms with Crippen LogP contribution in [0.2, 0.25) is 0 Å². The molecule has 0 aliphatic heterocycles. The molecular weight excluding hydrogens is 382 g/mol. The van der Waals surface area contributed by atoms with Crippen molar-refractivity contribution in [2.24, 2.45) is 0 Å². The summed E-state index contributed by atoms with van der Waals surface area (Å²) in [5.74, 6) is -0.0561. The standard InChI is InChI=1S/C17H11F4N5S/c18-12-2-1-10(13(7-12)17(19,20)21)8-22-14-3-4-15-23-24-16(26(15)25-14)11-5-6-27-9-11/h1-7,9H,8H2,(H,22,25). The number of hydrogen-bond acceptors (Lipinski definition) is 5. The van der Waals surface area contributed by atoms with Gasteiger partial charge in [-0.05, 0) is 41.3 Å². The largest absolute Gasteiger partial charge is 0.416 e. The van der Waals surface area contributed by atoms with Crippen LogP contribution in [0.4, 0.5) is 23.4 Å². The van der Waals surface area contributed by atoms with Gasteiger partial charge >= 0.3 is 6.18 Å². The van der Waals surface area contributed by atoms with Gasteiger partial charge in [-0.25, -0.2) is 4.39 Å². The molecule has 0 saturated carbocycles. The third kappa shape index (κ3) is 3.47. The van der Waals surface area contributed by atoms with E-state index in [0.717, 1.165) is 17.7 Å². The highest BCUT2D eigenvalue weighted by atomic mass is 32.1. The predicted octanol–water partition coefficient (Wildman–Crippen LogP) is 4.62. The van der Waals surface area contributed by atoms with Crippen LogP contribution in [0.1, 0.15) is 11.1 Å². The highest BCUT2D eigenvalue weighted by Gasteiger charge is 2.33. The second kappa shape index (κ2) is 6.62. The topological polar surface area (TPSA) is 55.1 Å². The maximum absolute atomic E-state index is 13.2. The fraction of sp³-hybridized carbons (Fsp3) is 0.118. The minimum Gasteiger partial charge on any atom is -0.365 e. The van der Waals surface area contributed by atoms with Crippen molar-refractivity contribution in [1.29, 1.82) is 0 Å². The lowest BCUT2D eigenvalue weighted by Gasteiger charge is -2.14. The molecule has 4 aromatic rings. The van der Waals surface area contributed by atoms with Gasteiger partial charge < -0.3 is 5.32 Å². The van der Waals surface area contributed by atoms with Gasteiger partial charge in [0.25, 0.3) is 0 Å². The lowest BCUT2D eigenvalue weighted by atomic mass is 10.1. The lowest BCUT2D eigenvalue weighted by molar-refractivity contribution is -0.138. The predicted molar refractivity (Wildman–Crippen MR) is 92.8 cm³/mol. The molecule has 5 nitrogen and oxygen atoms in total. The Labute approximate surface area is 154 Å². The Kier molecular flexibility index (Phi) is 4.27. The van der Waals surface area contributed by atoms with Crippen molar-refractivity contribution in [3.8, 4) is 11.4 Å². The van der Waals surface area contributed by atoms with Crippen LogP contribution < -0.4 is 5.32 Å². The Hall–Kier alpha value is -3.01. The highest BCUT2D eigenvalue weighted by molar-refractivity contribution is 7.08. The molecule has 0 aliphatic carbocycles. The van der Waals surface area contributed by atoms with Crippen molar-refractivity contribution < 1.29 is 17.6 Å². The molecule has 1 aromatic carbocycles. The normalized spacial score (nSPS) is 11.9. The zero-order valence-electron chi connectivity index (χ0n) is 13.5. The fourth-order valence-electron chi connectivity index (χ4n) is 2.61. The first-order chi connectivity index (χ1) is 12.9. The van der Waals surface area contributed by atoms with Crippen molar-refractivity contribution in [3.63, 3.8) is 0 Å². The van der Waals surface area contributed by atoms with Crippen LogP contribution >= 0.6 is 11.3 Å². The number of aromatic nitrogens is 4. The number of rotatable bonds is 4. The van der Waals surface area contributed by atoms with E-state index in [-0.39, 0.29) is 12.1 Å². The van der Waals surface area contributed by atoms with E-state index in [0.29, 0.717) is 23.4 Å². The first-order valence-corrected chi connectivity index (χ1v) is 8.70. The van der Waals surface area contributed by atoms with Crippen LogP contribution in [-0.2, 0) is 12.7 Å². The molecule has 4 rings (SSSR count). The lowest BCUT2D eigenvalue weighted by Crippen LogP contribution is -2.13. The van der Waals surface area contributed by atoms with Crippen LogP contribution in [0.25, 0.3) is 17.0 Å². The summed E-state index contributed by atoms with van der Waals surface area (Å²) >= 11 is 1.50. The Morgan fingerprint density at radius 1 is 1.07 bits per heavy atom. The third-order valence-electron chi connectivity index (χ3n) is 3.88. The second-order valence-electron chi connectivity index (χ2n) is 5.68. The number of anilines is 1. The number of thiophene rings is 1. The first-order valence-electron chi connectivity index (χ1n) is 7.76. The number of nitrogens with zero attached hydrogens (tertiary/aromatic N) is 4. The average Bonchev–Trinajstić information content (AvgIpc) is 3.28. The van der Waals surface area contributed by atoms with E-state index < -0.39 is 17.6 Å². The van der Waals surface area contributed by atoms with Gasteiger partial charge in [0.1, 0.15) is 11.6 Å². The zero-order valence-corrected chi connectivity index (χ0v) is 14.4. The molecule has 0 saturated heterocycles. The van der Waals surface area contributed by atoms with Crippen LogP contribution in [0, 0.1) is 5.82 Å². The van der Waals surface area contributed by atoms with Crippen molar-refractivity contribution in [1.82, 2.24) is 19.8 Å². The van der Waals surface area contributed by atoms with Crippen molar-refractivity contribution in [3.05, 3.63) is 64.1 Å². The van der Waals surface area contributed by atoms with Gasteiger partial charge in [-0.15, -0.1) is 15.3 Å². The van der Waals surface area contributed by atoms with E-state index in [1.165, 1.54) is 15.9 Å². The summed E-state index contributed by atoms with van der Waals surface area (Å²) in [6.45, 7) is -0.163. The van der Waals surface area contributed by atoms with E-state index in [2.05, 4.69) is 20.6 Å². The third-order valence-corrected chi connectivity index (χ3v) is 4.56. The van der Waals surface area contributed by atoms with Gasteiger partial charge in [0.15, 0.2) is 11.5 Å². The van der Waals surface area contributed by atoms with E-state index in [1.54, 1.807) is 12.1 Å². The minimum absolute atomic E-state index is 0.0763. The van der Waals surface area contributed by atoms with E-state index in [1.807, 2.05) is 16.8 Å². The summed E-state index contributed by atoms with van der Waals surface area (Å²) in [5.41, 5.74) is 0.265. The molecule has 0 atom stereocenters. The van der Waals surface area contributed by atoms with Gasteiger partial charge in [0.05, 0.1) is 5.56 Å². The molecule has 10 heteroatoms. The Bertz CT molecular complexity index is 1090. The smallest absolute Gasteiger partial charge is 0.365 e. The number of hydrogen-bond donors (Lipinski definition) is 1. The summed E-state index contributed by atoms with van der Waals surface area (Å²) in [7, 11) is 0. The van der Waals surface area contributed by atoms with Gasteiger partial charge in [-0.3, -0.25) is 0 Å². The Balaban J connectivity index is 1.63. The highest BCUT2D eigenvalue weighted by Crippen LogP contribution is 2.33. The molecule has 27 heavy (non-hydrogen) atoms. The number of halogens is 4. The molecule has 0 amide bonds. The van der Waals surface area contributed by atoms with E-state index >= 15 is 0 Å². The number of alkyl halides is 3. The maximum Gasteiger partial charge on any atom is 0.416 e. The van der Waals surface area contributed by atoms with Crippen LogP contribution in [0.15, 0.2) is 47.2 Å².